The molecule has 82 valence electrons. The van der Waals surface area contributed by atoms with E-state index >= 15 is 0 Å². The second-order valence-corrected chi connectivity index (χ2v) is 3.88. The monoisotopic (exact) mass is 201 g/mol. The summed E-state index contributed by atoms with van der Waals surface area (Å²) in [7, 11) is 0. The minimum atomic E-state index is -0.670. The molecule has 0 spiro atoms. The van der Waals surface area contributed by atoms with Crippen LogP contribution < -0.4 is 0 Å². The average molecular weight is 201 g/mol. The van der Waals surface area contributed by atoms with Crippen LogP contribution in [0.1, 0.15) is 13.8 Å². The third kappa shape index (κ3) is 2.96. The fourth-order valence-corrected chi connectivity index (χ4v) is 1.91. The van der Waals surface area contributed by atoms with Crippen LogP contribution in [0, 0.1) is 11.8 Å². The standard InChI is InChI=1S/C10H19NO3/c1-3-14-5-4-11-6-8(2)9(7-11)10(12)13/h8-9H,3-7H2,1-2H3,(H,12,13). The molecule has 14 heavy (non-hydrogen) atoms. The van der Waals surface area contributed by atoms with Crippen molar-refractivity contribution in [2.75, 3.05) is 32.8 Å². The van der Waals surface area contributed by atoms with Crippen LogP contribution in [0.15, 0.2) is 0 Å². The van der Waals surface area contributed by atoms with E-state index in [-0.39, 0.29) is 11.8 Å². The normalized spacial score (nSPS) is 28.1. The predicted molar refractivity (Wildman–Crippen MR) is 53.2 cm³/mol. The lowest BCUT2D eigenvalue weighted by Crippen LogP contribution is -2.26. The van der Waals surface area contributed by atoms with Gasteiger partial charge in [0.25, 0.3) is 0 Å². The number of carboxylic acid groups (broad SMARTS) is 1. The van der Waals surface area contributed by atoms with Gasteiger partial charge >= 0.3 is 5.97 Å². The molecule has 0 aliphatic carbocycles. The van der Waals surface area contributed by atoms with Gasteiger partial charge in [-0.1, -0.05) is 6.92 Å². The summed E-state index contributed by atoms with van der Waals surface area (Å²) in [5.74, 6) is -0.609. The number of likely N-dealkylation sites (tertiary alicyclic amines) is 1. The van der Waals surface area contributed by atoms with E-state index in [0.717, 1.165) is 19.7 Å². The first kappa shape index (κ1) is 11.5. The SMILES string of the molecule is CCOCCN1CC(C)C(C(=O)O)C1. The zero-order chi connectivity index (χ0) is 10.6. The van der Waals surface area contributed by atoms with Crippen LogP contribution in [0.4, 0.5) is 0 Å². The van der Waals surface area contributed by atoms with E-state index < -0.39 is 5.97 Å². The fraction of sp³-hybridized carbons (Fsp3) is 0.900. The molecule has 0 aromatic rings. The van der Waals surface area contributed by atoms with Gasteiger partial charge in [-0.2, -0.15) is 0 Å². The van der Waals surface area contributed by atoms with E-state index in [1.165, 1.54) is 0 Å². The van der Waals surface area contributed by atoms with Crippen LogP contribution in [0.2, 0.25) is 0 Å². The lowest BCUT2D eigenvalue weighted by Gasteiger charge is -2.14. The molecular formula is C10H19NO3. The molecule has 4 nitrogen and oxygen atoms in total. The molecule has 0 aromatic carbocycles. The lowest BCUT2D eigenvalue weighted by molar-refractivity contribution is -0.142. The minimum absolute atomic E-state index is 0.198. The van der Waals surface area contributed by atoms with Gasteiger partial charge in [0.2, 0.25) is 0 Å². The van der Waals surface area contributed by atoms with Gasteiger partial charge in [0.1, 0.15) is 0 Å². The van der Waals surface area contributed by atoms with Crippen molar-refractivity contribution in [3.05, 3.63) is 0 Å². The van der Waals surface area contributed by atoms with Crippen molar-refractivity contribution in [3.63, 3.8) is 0 Å². The lowest BCUT2D eigenvalue weighted by atomic mass is 9.99. The number of hydrogen-bond donors (Lipinski definition) is 1. The summed E-state index contributed by atoms with van der Waals surface area (Å²) in [6, 6.07) is 0. The molecule has 1 aliphatic heterocycles. The number of hydrogen-bond acceptors (Lipinski definition) is 3. The summed E-state index contributed by atoms with van der Waals surface area (Å²) in [5, 5.41) is 8.92. The maximum atomic E-state index is 10.8. The second-order valence-electron chi connectivity index (χ2n) is 3.88. The van der Waals surface area contributed by atoms with E-state index in [9.17, 15) is 4.79 Å². The van der Waals surface area contributed by atoms with Crippen LogP contribution in [-0.2, 0) is 9.53 Å². The Bertz CT molecular complexity index is 196. The predicted octanol–water partition coefficient (Wildman–Crippen LogP) is 0.675. The maximum absolute atomic E-state index is 10.8. The van der Waals surface area contributed by atoms with Crippen molar-refractivity contribution >= 4 is 5.97 Å². The largest absolute Gasteiger partial charge is 0.481 e. The van der Waals surface area contributed by atoms with Gasteiger partial charge in [-0.15, -0.1) is 0 Å². The first-order chi connectivity index (χ1) is 6.65. The Morgan fingerprint density at radius 3 is 2.79 bits per heavy atom. The minimum Gasteiger partial charge on any atom is -0.481 e. The number of ether oxygens (including phenoxy) is 1. The summed E-state index contributed by atoms with van der Waals surface area (Å²) in [6.45, 7) is 7.79. The third-order valence-corrected chi connectivity index (χ3v) is 2.76. The summed E-state index contributed by atoms with van der Waals surface area (Å²) < 4.78 is 5.24. The molecule has 0 radical (unpaired) electrons. The van der Waals surface area contributed by atoms with Crippen LogP contribution in [0.3, 0.4) is 0 Å². The highest BCUT2D eigenvalue weighted by Gasteiger charge is 2.34. The Morgan fingerprint density at radius 1 is 1.57 bits per heavy atom. The highest BCUT2D eigenvalue weighted by Crippen LogP contribution is 2.22. The van der Waals surface area contributed by atoms with Crippen molar-refractivity contribution in [3.8, 4) is 0 Å². The number of carboxylic acids is 1. The number of aliphatic carboxylic acids is 1. The zero-order valence-corrected chi connectivity index (χ0v) is 8.90. The highest BCUT2D eigenvalue weighted by atomic mass is 16.5. The molecule has 1 rings (SSSR count). The Labute approximate surface area is 84.8 Å². The summed E-state index contributed by atoms with van der Waals surface area (Å²) in [6.07, 6.45) is 0. The maximum Gasteiger partial charge on any atom is 0.308 e. The summed E-state index contributed by atoms with van der Waals surface area (Å²) in [5.41, 5.74) is 0. The Hall–Kier alpha value is -0.610. The molecule has 1 heterocycles. The number of rotatable bonds is 5. The molecule has 0 aromatic heterocycles. The number of nitrogens with zero attached hydrogens (tertiary/aromatic N) is 1. The van der Waals surface area contributed by atoms with Gasteiger partial charge in [-0.25, -0.2) is 0 Å². The third-order valence-electron chi connectivity index (χ3n) is 2.76. The first-order valence-corrected chi connectivity index (χ1v) is 5.18. The summed E-state index contributed by atoms with van der Waals surface area (Å²) in [4.78, 5) is 13.0. The number of carbonyl (C=O) groups is 1. The van der Waals surface area contributed by atoms with Crippen LogP contribution in [0.25, 0.3) is 0 Å². The Kier molecular flexibility index (Phi) is 4.35. The van der Waals surface area contributed by atoms with Crippen LogP contribution in [-0.4, -0.2) is 48.8 Å². The molecular weight excluding hydrogens is 182 g/mol. The van der Waals surface area contributed by atoms with Crippen molar-refractivity contribution < 1.29 is 14.6 Å². The molecule has 2 atom stereocenters. The van der Waals surface area contributed by atoms with Crippen molar-refractivity contribution in [1.82, 2.24) is 4.90 Å². The van der Waals surface area contributed by atoms with Gasteiger partial charge in [-0.3, -0.25) is 9.69 Å². The molecule has 1 saturated heterocycles. The summed E-state index contributed by atoms with van der Waals surface area (Å²) >= 11 is 0. The second kappa shape index (κ2) is 5.32. The molecule has 1 aliphatic rings. The van der Waals surface area contributed by atoms with Gasteiger partial charge in [0.15, 0.2) is 0 Å². The van der Waals surface area contributed by atoms with E-state index in [2.05, 4.69) is 4.90 Å². The topological polar surface area (TPSA) is 49.8 Å². The van der Waals surface area contributed by atoms with E-state index in [1.807, 2.05) is 13.8 Å². The molecule has 0 bridgehead atoms. The Morgan fingerprint density at radius 2 is 2.29 bits per heavy atom. The molecule has 1 fully saturated rings. The van der Waals surface area contributed by atoms with E-state index in [4.69, 9.17) is 9.84 Å². The van der Waals surface area contributed by atoms with Crippen LogP contribution in [0.5, 0.6) is 0 Å². The van der Waals surface area contributed by atoms with Gasteiger partial charge in [-0.05, 0) is 12.8 Å². The van der Waals surface area contributed by atoms with Crippen molar-refractivity contribution in [2.24, 2.45) is 11.8 Å². The average Bonchev–Trinajstić information content (AvgIpc) is 2.47. The quantitative estimate of drug-likeness (QED) is 0.664. The smallest absolute Gasteiger partial charge is 0.308 e. The molecule has 2 unspecified atom stereocenters. The Balaban J connectivity index is 2.28. The van der Waals surface area contributed by atoms with Gasteiger partial charge in [0.05, 0.1) is 12.5 Å². The zero-order valence-electron chi connectivity index (χ0n) is 8.90. The molecule has 0 saturated carbocycles. The molecule has 0 amide bonds. The molecule has 1 N–H and O–H groups in total. The van der Waals surface area contributed by atoms with E-state index in [0.29, 0.717) is 13.2 Å². The first-order valence-electron chi connectivity index (χ1n) is 5.18. The molecule has 4 heteroatoms. The fourth-order valence-electron chi connectivity index (χ4n) is 1.91. The van der Waals surface area contributed by atoms with Crippen molar-refractivity contribution in [1.29, 1.82) is 0 Å². The van der Waals surface area contributed by atoms with Gasteiger partial charge < -0.3 is 9.84 Å². The van der Waals surface area contributed by atoms with Gasteiger partial charge in [0, 0.05) is 26.2 Å². The van der Waals surface area contributed by atoms with Crippen molar-refractivity contribution in [2.45, 2.75) is 13.8 Å². The van der Waals surface area contributed by atoms with Crippen LogP contribution >= 0.6 is 0 Å². The van der Waals surface area contributed by atoms with E-state index in [1.54, 1.807) is 0 Å². The highest BCUT2D eigenvalue weighted by molar-refractivity contribution is 5.71.